The fourth-order valence-electron chi connectivity index (χ4n) is 1.81. The van der Waals surface area contributed by atoms with E-state index in [1.54, 1.807) is 0 Å². The van der Waals surface area contributed by atoms with E-state index >= 15 is 0 Å². The van der Waals surface area contributed by atoms with E-state index in [9.17, 15) is 4.79 Å². The van der Waals surface area contributed by atoms with Crippen molar-refractivity contribution in [2.75, 3.05) is 13.1 Å². The molecule has 0 saturated carbocycles. The lowest BCUT2D eigenvalue weighted by Crippen LogP contribution is -2.43. The summed E-state index contributed by atoms with van der Waals surface area (Å²) in [5, 5.41) is 0.169. The smallest absolute Gasteiger partial charge is 0.253 e. The molecule has 0 bridgehead atoms. The van der Waals surface area contributed by atoms with Gasteiger partial charge < -0.3 is 9.33 Å². The fourth-order valence-corrected chi connectivity index (χ4v) is 2.84. The van der Waals surface area contributed by atoms with Crippen molar-refractivity contribution in [2.45, 2.75) is 52.8 Å². The zero-order valence-corrected chi connectivity index (χ0v) is 15.5. The maximum absolute atomic E-state index is 12.3. The largest absolute Gasteiger partial charge is 0.544 e. The molecule has 1 aromatic carbocycles. The molecule has 118 valence electrons. The van der Waals surface area contributed by atoms with Crippen molar-refractivity contribution in [3.05, 3.63) is 29.8 Å². The van der Waals surface area contributed by atoms with E-state index in [1.807, 2.05) is 43.0 Å². The van der Waals surface area contributed by atoms with Gasteiger partial charge in [0.1, 0.15) is 5.75 Å². The summed E-state index contributed by atoms with van der Waals surface area (Å²) in [6.45, 7) is 16.6. The number of benzene rings is 1. The van der Waals surface area contributed by atoms with Crippen LogP contribution in [0.4, 0.5) is 0 Å². The van der Waals surface area contributed by atoms with Crippen LogP contribution in [0.15, 0.2) is 24.3 Å². The first-order valence-corrected chi connectivity index (χ1v) is 10.6. The second-order valence-electron chi connectivity index (χ2n) is 6.86. The molecule has 0 aliphatic rings. The number of amides is 1. The molecule has 0 heterocycles. The number of hydrogen-bond acceptors (Lipinski definition) is 2. The van der Waals surface area contributed by atoms with Gasteiger partial charge in [0.25, 0.3) is 5.91 Å². The third kappa shape index (κ3) is 4.33. The topological polar surface area (TPSA) is 29.5 Å². The van der Waals surface area contributed by atoms with E-state index in [1.165, 1.54) is 0 Å². The minimum absolute atomic E-state index is 0.0823. The molecule has 1 amide bonds. The maximum atomic E-state index is 12.3. The Morgan fingerprint density at radius 1 is 1.10 bits per heavy atom. The molecule has 0 spiro atoms. The minimum Gasteiger partial charge on any atom is -0.544 e. The van der Waals surface area contributed by atoms with Crippen LogP contribution in [-0.2, 0) is 0 Å². The van der Waals surface area contributed by atoms with Crippen molar-refractivity contribution in [1.29, 1.82) is 0 Å². The van der Waals surface area contributed by atoms with Gasteiger partial charge >= 0.3 is 0 Å². The van der Waals surface area contributed by atoms with E-state index in [-0.39, 0.29) is 10.9 Å². The first kappa shape index (κ1) is 17.8. The molecule has 3 nitrogen and oxygen atoms in total. The molecular formula is C17H29NO2Si. The molecule has 0 fully saturated rings. The third-order valence-electron chi connectivity index (χ3n) is 4.33. The molecule has 0 N–H and O–H groups in total. The Labute approximate surface area is 130 Å². The Morgan fingerprint density at radius 2 is 1.57 bits per heavy atom. The average molecular weight is 308 g/mol. The van der Waals surface area contributed by atoms with Gasteiger partial charge in [-0.1, -0.05) is 20.8 Å². The highest BCUT2D eigenvalue weighted by Crippen LogP contribution is 2.37. The van der Waals surface area contributed by atoms with Gasteiger partial charge in [-0.05, 0) is 56.2 Å². The Bertz CT molecular complexity index is 471. The Balaban J connectivity index is 2.86. The molecule has 0 aliphatic heterocycles. The van der Waals surface area contributed by atoms with E-state index in [2.05, 4.69) is 33.9 Å². The second kappa shape index (κ2) is 6.65. The van der Waals surface area contributed by atoms with Gasteiger partial charge in [0.05, 0.1) is 0 Å². The molecule has 0 aliphatic carbocycles. The first-order chi connectivity index (χ1) is 9.62. The number of carbonyl (C=O) groups excluding carboxylic acids is 1. The lowest BCUT2D eigenvalue weighted by molar-refractivity contribution is 0.0773. The van der Waals surface area contributed by atoms with Crippen LogP contribution in [-0.4, -0.2) is 32.2 Å². The van der Waals surface area contributed by atoms with Crippen molar-refractivity contribution in [3.63, 3.8) is 0 Å². The highest BCUT2D eigenvalue weighted by atomic mass is 28.4. The Kier molecular flexibility index (Phi) is 5.62. The molecule has 1 rings (SSSR count). The van der Waals surface area contributed by atoms with Crippen molar-refractivity contribution in [1.82, 2.24) is 4.90 Å². The molecular weight excluding hydrogens is 278 g/mol. The summed E-state index contributed by atoms with van der Waals surface area (Å²) >= 11 is 0. The number of rotatable bonds is 5. The van der Waals surface area contributed by atoms with Crippen LogP contribution >= 0.6 is 0 Å². The summed E-state index contributed by atoms with van der Waals surface area (Å²) in [4.78, 5) is 14.1. The van der Waals surface area contributed by atoms with Crippen molar-refractivity contribution < 1.29 is 9.22 Å². The number of hydrogen-bond donors (Lipinski definition) is 0. The van der Waals surface area contributed by atoms with Crippen LogP contribution < -0.4 is 4.43 Å². The van der Waals surface area contributed by atoms with Crippen LogP contribution in [0.1, 0.15) is 45.0 Å². The van der Waals surface area contributed by atoms with Crippen LogP contribution in [0, 0.1) is 0 Å². The van der Waals surface area contributed by atoms with Crippen molar-refractivity contribution in [3.8, 4) is 5.75 Å². The highest BCUT2D eigenvalue weighted by Gasteiger charge is 2.38. The van der Waals surface area contributed by atoms with Gasteiger partial charge in [0.2, 0.25) is 8.32 Å². The van der Waals surface area contributed by atoms with Crippen LogP contribution in [0.2, 0.25) is 18.1 Å². The van der Waals surface area contributed by atoms with Gasteiger partial charge in [-0.2, -0.15) is 0 Å². The standard InChI is InChI=1S/C17H29NO2Si/c1-8-18(9-2)16(19)14-10-12-15(13-11-14)20-21(6,7)17(3,4)5/h10-13H,8-9H2,1-7H3. The highest BCUT2D eigenvalue weighted by molar-refractivity contribution is 6.74. The number of carbonyl (C=O) groups is 1. The fraction of sp³-hybridized carbons (Fsp3) is 0.588. The van der Waals surface area contributed by atoms with Crippen LogP contribution in [0.5, 0.6) is 5.75 Å². The maximum Gasteiger partial charge on any atom is 0.253 e. The molecule has 0 saturated heterocycles. The summed E-state index contributed by atoms with van der Waals surface area (Å²) in [6, 6.07) is 7.56. The van der Waals surface area contributed by atoms with Crippen molar-refractivity contribution >= 4 is 14.2 Å². The quantitative estimate of drug-likeness (QED) is 0.747. The molecule has 0 atom stereocenters. The SMILES string of the molecule is CCN(CC)C(=O)c1ccc(O[Si](C)(C)C(C)(C)C)cc1. The predicted molar refractivity (Wildman–Crippen MR) is 91.5 cm³/mol. The summed E-state index contributed by atoms with van der Waals surface area (Å²) in [6.07, 6.45) is 0. The minimum atomic E-state index is -1.82. The van der Waals surface area contributed by atoms with Crippen LogP contribution in [0.25, 0.3) is 0 Å². The van der Waals surface area contributed by atoms with Crippen LogP contribution in [0.3, 0.4) is 0 Å². The molecule has 4 heteroatoms. The molecule has 1 aromatic rings. The van der Waals surface area contributed by atoms with Gasteiger partial charge in [-0.15, -0.1) is 0 Å². The van der Waals surface area contributed by atoms with Gasteiger partial charge in [-0.25, -0.2) is 0 Å². The van der Waals surface area contributed by atoms with Gasteiger partial charge in [-0.3, -0.25) is 4.79 Å². The predicted octanol–water partition coefficient (Wildman–Crippen LogP) is 4.55. The van der Waals surface area contributed by atoms with E-state index < -0.39 is 8.32 Å². The van der Waals surface area contributed by atoms with Gasteiger partial charge in [0.15, 0.2) is 0 Å². The van der Waals surface area contributed by atoms with E-state index in [4.69, 9.17) is 4.43 Å². The zero-order valence-electron chi connectivity index (χ0n) is 14.5. The summed E-state index contributed by atoms with van der Waals surface area (Å²) in [5.74, 6) is 0.941. The first-order valence-electron chi connectivity index (χ1n) is 7.70. The van der Waals surface area contributed by atoms with E-state index in [0.29, 0.717) is 0 Å². The third-order valence-corrected chi connectivity index (χ3v) is 8.69. The molecule has 0 radical (unpaired) electrons. The van der Waals surface area contributed by atoms with Crippen molar-refractivity contribution in [2.24, 2.45) is 0 Å². The zero-order chi connectivity index (χ0) is 16.3. The molecule has 0 unspecified atom stereocenters. The average Bonchev–Trinajstić information content (AvgIpc) is 2.39. The molecule has 21 heavy (non-hydrogen) atoms. The Hall–Kier alpha value is -1.29. The summed E-state index contributed by atoms with van der Waals surface area (Å²) in [7, 11) is -1.82. The monoisotopic (exact) mass is 307 g/mol. The van der Waals surface area contributed by atoms with Gasteiger partial charge in [0, 0.05) is 18.7 Å². The molecule has 0 aromatic heterocycles. The van der Waals surface area contributed by atoms with E-state index in [0.717, 1.165) is 24.4 Å². The second-order valence-corrected chi connectivity index (χ2v) is 11.6. The summed E-state index contributed by atoms with van der Waals surface area (Å²) < 4.78 is 6.23. The Morgan fingerprint density at radius 3 is 1.95 bits per heavy atom. The summed E-state index contributed by atoms with van der Waals surface area (Å²) in [5.41, 5.74) is 0.723. The normalized spacial score (nSPS) is 12.1. The lowest BCUT2D eigenvalue weighted by atomic mass is 10.2. The number of nitrogens with zero attached hydrogens (tertiary/aromatic N) is 1. The lowest BCUT2D eigenvalue weighted by Gasteiger charge is -2.36.